The molecule has 2 aliphatic rings. The molecule has 0 unspecified atom stereocenters. The molecule has 0 spiro atoms. The van der Waals surface area contributed by atoms with E-state index in [0.29, 0.717) is 36.5 Å². The van der Waals surface area contributed by atoms with Crippen LogP contribution in [0.5, 0.6) is 0 Å². The van der Waals surface area contributed by atoms with E-state index >= 15 is 0 Å². The summed E-state index contributed by atoms with van der Waals surface area (Å²) in [5.41, 5.74) is 2.58. The van der Waals surface area contributed by atoms with Crippen molar-refractivity contribution in [3.05, 3.63) is 60.9 Å². The number of nitrogens with one attached hydrogen (secondary N) is 2. The van der Waals surface area contributed by atoms with Gasteiger partial charge in [0.1, 0.15) is 6.29 Å². The number of rotatable bonds is 6. The third kappa shape index (κ3) is 4.43. The van der Waals surface area contributed by atoms with Gasteiger partial charge in [0.2, 0.25) is 11.8 Å². The number of hydrogen-bond donors (Lipinski definition) is 2. The number of allylic oxidation sites excluding steroid dienone is 1. The Bertz CT molecular complexity index is 1110. The molecule has 0 atom stereocenters. The van der Waals surface area contributed by atoms with Gasteiger partial charge in [-0.3, -0.25) is 10.1 Å². The minimum atomic E-state index is -0.0624. The molecule has 10 heteroatoms. The molecule has 0 bridgehead atoms. The lowest BCUT2D eigenvalue weighted by Crippen LogP contribution is -2.46. The van der Waals surface area contributed by atoms with E-state index in [1.165, 1.54) is 12.3 Å². The number of anilines is 5. The second kappa shape index (κ2) is 9.29. The van der Waals surface area contributed by atoms with Gasteiger partial charge in [0.05, 0.1) is 18.4 Å². The minimum absolute atomic E-state index is 0.0624. The van der Waals surface area contributed by atoms with Crippen LogP contribution in [0.3, 0.4) is 0 Å². The molecular formula is C22H23N7O3. The van der Waals surface area contributed by atoms with Crippen LogP contribution in [0, 0.1) is 0 Å². The molecule has 164 valence electrons. The van der Waals surface area contributed by atoms with Crippen LogP contribution in [-0.2, 0) is 11.3 Å². The Morgan fingerprint density at radius 2 is 2.09 bits per heavy atom. The van der Waals surface area contributed by atoms with Crippen molar-refractivity contribution in [3.63, 3.8) is 0 Å². The average molecular weight is 433 g/mol. The summed E-state index contributed by atoms with van der Waals surface area (Å²) in [6.45, 7) is 3.63. The maximum Gasteiger partial charge on any atom is 0.330 e. The summed E-state index contributed by atoms with van der Waals surface area (Å²) >= 11 is 0. The number of hydrogen-bond acceptors (Lipinski definition) is 8. The van der Waals surface area contributed by atoms with Crippen molar-refractivity contribution in [2.45, 2.75) is 25.4 Å². The van der Waals surface area contributed by atoms with Gasteiger partial charge in [-0.1, -0.05) is 17.8 Å². The molecule has 1 aliphatic carbocycles. The standard InChI is InChI=1S/C19H19N7O2.C3H4O/c1-20-13-3-2-4-15(9-13)26-17-12(11-25(19(26)27)14-5-6-14)10-21-18(24-17)23-16-7-8-22-28-16;1-2-3-4/h2-4,7-10,14,20H,5-6,11H2,1H3,(H,21,23,24);2-3H,1H2. The molecule has 32 heavy (non-hydrogen) atoms. The molecular weight excluding hydrogens is 410 g/mol. The highest BCUT2D eigenvalue weighted by Crippen LogP contribution is 2.39. The summed E-state index contributed by atoms with van der Waals surface area (Å²) in [6.07, 6.45) is 7.21. The zero-order valence-corrected chi connectivity index (χ0v) is 17.6. The number of aldehydes is 1. The molecule has 1 aliphatic heterocycles. The first-order chi connectivity index (χ1) is 15.6. The number of nitrogens with zero attached hydrogens (tertiary/aromatic N) is 5. The van der Waals surface area contributed by atoms with Gasteiger partial charge in [0.15, 0.2) is 5.82 Å². The van der Waals surface area contributed by atoms with Crippen LogP contribution < -0.4 is 15.5 Å². The van der Waals surface area contributed by atoms with Gasteiger partial charge in [-0.2, -0.15) is 4.98 Å². The summed E-state index contributed by atoms with van der Waals surface area (Å²) in [6, 6.07) is 9.62. The molecule has 1 fully saturated rings. The highest BCUT2D eigenvalue weighted by Gasteiger charge is 2.41. The van der Waals surface area contributed by atoms with Gasteiger partial charge in [0, 0.05) is 36.6 Å². The van der Waals surface area contributed by atoms with E-state index in [1.54, 1.807) is 17.2 Å². The zero-order chi connectivity index (χ0) is 22.5. The van der Waals surface area contributed by atoms with E-state index in [2.05, 4.69) is 32.3 Å². The predicted octanol–water partition coefficient (Wildman–Crippen LogP) is 3.86. The van der Waals surface area contributed by atoms with Crippen LogP contribution >= 0.6 is 0 Å². The summed E-state index contributed by atoms with van der Waals surface area (Å²) in [7, 11) is 1.85. The highest BCUT2D eigenvalue weighted by molar-refractivity contribution is 6.01. The first-order valence-electron chi connectivity index (χ1n) is 10.1. The molecule has 5 rings (SSSR count). The summed E-state index contributed by atoms with van der Waals surface area (Å²) < 4.78 is 5.06. The Morgan fingerprint density at radius 1 is 1.28 bits per heavy atom. The van der Waals surface area contributed by atoms with Crippen LogP contribution in [0.2, 0.25) is 0 Å². The fourth-order valence-corrected chi connectivity index (χ4v) is 3.33. The van der Waals surface area contributed by atoms with Crippen molar-refractivity contribution in [1.29, 1.82) is 0 Å². The number of carbonyl (C=O) groups excluding carboxylic acids is 2. The number of amides is 2. The van der Waals surface area contributed by atoms with E-state index in [0.717, 1.165) is 29.8 Å². The van der Waals surface area contributed by atoms with Gasteiger partial charge in [0.25, 0.3) is 0 Å². The third-order valence-corrected chi connectivity index (χ3v) is 4.98. The van der Waals surface area contributed by atoms with Crippen molar-refractivity contribution in [2.75, 3.05) is 22.6 Å². The van der Waals surface area contributed by atoms with Gasteiger partial charge in [-0.15, -0.1) is 0 Å². The Kier molecular flexibility index (Phi) is 6.11. The molecule has 0 radical (unpaired) electrons. The second-order valence-corrected chi connectivity index (χ2v) is 7.19. The SMILES string of the molecule is C=CC=O.CNc1cccc(N2C(=O)N(C3CC3)Cc3cnc(Nc4ccno4)nc32)c1. The fourth-order valence-electron chi connectivity index (χ4n) is 3.33. The molecule has 2 N–H and O–H groups in total. The van der Waals surface area contributed by atoms with E-state index in [4.69, 9.17) is 9.32 Å². The Balaban J connectivity index is 0.000000567. The Morgan fingerprint density at radius 3 is 2.75 bits per heavy atom. The monoisotopic (exact) mass is 433 g/mol. The van der Waals surface area contributed by atoms with Gasteiger partial charge < -0.3 is 14.7 Å². The van der Waals surface area contributed by atoms with Crippen molar-refractivity contribution < 1.29 is 14.1 Å². The topological polar surface area (TPSA) is 116 Å². The zero-order valence-electron chi connectivity index (χ0n) is 17.6. The molecule has 3 heterocycles. The molecule has 2 aromatic heterocycles. The second-order valence-electron chi connectivity index (χ2n) is 7.19. The predicted molar refractivity (Wildman–Crippen MR) is 120 cm³/mol. The highest BCUT2D eigenvalue weighted by atomic mass is 16.5. The largest absolute Gasteiger partial charge is 0.388 e. The van der Waals surface area contributed by atoms with Crippen LogP contribution in [0.25, 0.3) is 0 Å². The molecule has 1 saturated carbocycles. The molecule has 3 aromatic rings. The van der Waals surface area contributed by atoms with E-state index in [1.807, 2.05) is 36.2 Å². The van der Waals surface area contributed by atoms with Crippen molar-refractivity contribution >= 4 is 41.3 Å². The average Bonchev–Trinajstić information content (AvgIpc) is 3.54. The maximum atomic E-state index is 13.3. The smallest absolute Gasteiger partial charge is 0.330 e. The van der Waals surface area contributed by atoms with Crippen LogP contribution in [0.1, 0.15) is 18.4 Å². The van der Waals surface area contributed by atoms with E-state index in [9.17, 15) is 4.79 Å². The lowest BCUT2D eigenvalue weighted by molar-refractivity contribution is -0.104. The number of fused-ring (bicyclic) bond motifs is 1. The lowest BCUT2D eigenvalue weighted by Gasteiger charge is -2.36. The molecule has 10 nitrogen and oxygen atoms in total. The third-order valence-electron chi connectivity index (χ3n) is 4.98. The Labute approximate surface area is 184 Å². The summed E-state index contributed by atoms with van der Waals surface area (Å²) in [4.78, 5) is 34.9. The normalized spacial score (nSPS) is 14.7. The number of aromatic nitrogens is 3. The van der Waals surface area contributed by atoms with E-state index in [-0.39, 0.29) is 6.03 Å². The van der Waals surface area contributed by atoms with Gasteiger partial charge in [-0.25, -0.2) is 14.7 Å². The lowest BCUT2D eigenvalue weighted by atomic mass is 10.1. The number of benzene rings is 1. The first-order valence-corrected chi connectivity index (χ1v) is 10.1. The van der Waals surface area contributed by atoms with Crippen LogP contribution in [-0.4, -0.2) is 45.4 Å². The summed E-state index contributed by atoms with van der Waals surface area (Å²) in [5, 5.41) is 9.76. The maximum absolute atomic E-state index is 13.3. The van der Waals surface area contributed by atoms with Crippen molar-refractivity contribution in [2.24, 2.45) is 0 Å². The van der Waals surface area contributed by atoms with E-state index < -0.39 is 0 Å². The molecule has 1 aromatic carbocycles. The number of carbonyl (C=O) groups is 2. The van der Waals surface area contributed by atoms with Crippen molar-refractivity contribution in [1.82, 2.24) is 20.0 Å². The minimum Gasteiger partial charge on any atom is -0.388 e. The number of urea groups is 1. The molecule has 2 amide bonds. The fraction of sp³-hybridized carbons (Fsp3) is 0.227. The van der Waals surface area contributed by atoms with Gasteiger partial charge >= 0.3 is 6.03 Å². The van der Waals surface area contributed by atoms with Crippen LogP contribution in [0.4, 0.5) is 33.8 Å². The quantitative estimate of drug-likeness (QED) is 0.445. The van der Waals surface area contributed by atoms with Crippen LogP contribution in [0.15, 0.2) is 59.9 Å². The Hall–Kier alpha value is -4.21. The van der Waals surface area contributed by atoms with Gasteiger partial charge in [-0.05, 0) is 37.1 Å². The van der Waals surface area contributed by atoms with Crippen molar-refractivity contribution in [3.8, 4) is 0 Å². The summed E-state index contributed by atoms with van der Waals surface area (Å²) in [5.74, 6) is 1.36. The molecule has 0 saturated heterocycles. The first kappa shape index (κ1) is 21.0.